The highest BCUT2D eigenvalue weighted by Crippen LogP contribution is 2.14. The summed E-state index contributed by atoms with van der Waals surface area (Å²) in [5, 5.41) is 5.12. The van der Waals surface area contributed by atoms with Crippen LogP contribution in [0.3, 0.4) is 0 Å². The quantitative estimate of drug-likeness (QED) is 0.778. The van der Waals surface area contributed by atoms with Gasteiger partial charge in [-0.3, -0.25) is 9.67 Å². The summed E-state index contributed by atoms with van der Waals surface area (Å²) in [6, 6.07) is 1.88. The van der Waals surface area contributed by atoms with Gasteiger partial charge in [0.05, 0.1) is 28.4 Å². The Morgan fingerprint density at radius 3 is 2.78 bits per heavy atom. The molecule has 0 aliphatic carbocycles. The fourth-order valence-corrected chi connectivity index (χ4v) is 1.91. The van der Waals surface area contributed by atoms with Gasteiger partial charge in [-0.05, 0) is 26.8 Å². The summed E-state index contributed by atoms with van der Waals surface area (Å²) in [6.45, 7) is 5.66. The summed E-state index contributed by atoms with van der Waals surface area (Å²) in [4.78, 5) is 4.24. The number of nitrogens with zero attached hydrogens (tertiary/aromatic N) is 4. The Kier molecular flexibility index (Phi) is 3.30. The average Bonchev–Trinajstić information content (AvgIpc) is 2.66. The molecule has 0 unspecified atom stereocenters. The molecule has 0 bridgehead atoms. The van der Waals surface area contributed by atoms with Gasteiger partial charge in [-0.25, -0.2) is 4.21 Å². The molecule has 6 heteroatoms. The minimum atomic E-state index is -1.26. The molecule has 96 valence electrons. The molecule has 0 aliphatic heterocycles. The third-order valence-corrected chi connectivity index (χ3v) is 3.80. The molecule has 2 rings (SSSR count). The predicted molar refractivity (Wildman–Crippen MR) is 74.0 cm³/mol. The first-order valence-corrected chi connectivity index (χ1v) is 6.72. The van der Waals surface area contributed by atoms with E-state index in [1.165, 1.54) is 0 Å². The first-order chi connectivity index (χ1) is 8.38. The Hall–Kier alpha value is -1.56. The highest BCUT2D eigenvalue weighted by Gasteiger charge is 2.18. The molecule has 0 spiro atoms. The summed E-state index contributed by atoms with van der Waals surface area (Å²) in [7, 11) is 0.611. The first-order valence-electron chi connectivity index (χ1n) is 5.62. The number of aromatic nitrogens is 3. The van der Waals surface area contributed by atoms with E-state index in [0.29, 0.717) is 5.69 Å². The second-order valence-electron chi connectivity index (χ2n) is 5.03. The van der Waals surface area contributed by atoms with Crippen LogP contribution in [0.1, 0.15) is 26.5 Å². The van der Waals surface area contributed by atoms with Crippen LogP contribution in [0.5, 0.6) is 0 Å². The fourth-order valence-electron chi connectivity index (χ4n) is 1.39. The molecule has 0 radical (unpaired) electrons. The number of hydrogen-bond acceptors (Lipinski definition) is 3. The van der Waals surface area contributed by atoms with Crippen molar-refractivity contribution in [2.24, 2.45) is 11.4 Å². The van der Waals surface area contributed by atoms with Crippen molar-refractivity contribution in [3.63, 3.8) is 0 Å². The zero-order chi connectivity index (χ0) is 13.3. The lowest BCUT2D eigenvalue weighted by Gasteiger charge is -2.12. The van der Waals surface area contributed by atoms with E-state index in [9.17, 15) is 4.21 Å². The van der Waals surface area contributed by atoms with E-state index in [0.717, 1.165) is 10.9 Å². The maximum absolute atomic E-state index is 11.8. The number of rotatable bonds is 2. The number of hydrogen-bond donors (Lipinski definition) is 0. The van der Waals surface area contributed by atoms with Gasteiger partial charge in [0.25, 0.3) is 0 Å². The molecule has 0 saturated carbocycles. The summed E-state index contributed by atoms with van der Waals surface area (Å²) in [5.74, 6) is 0. The maximum Gasteiger partial charge on any atom is 0.144 e. The molecule has 0 fully saturated rings. The van der Waals surface area contributed by atoms with E-state index >= 15 is 0 Å². The zero-order valence-electron chi connectivity index (χ0n) is 10.9. The van der Waals surface area contributed by atoms with Gasteiger partial charge in [0, 0.05) is 18.6 Å². The highest BCUT2D eigenvalue weighted by atomic mass is 32.2. The van der Waals surface area contributed by atoms with Gasteiger partial charge in [-0.15, -0.1) is 0 Å². The lowest BCUT2D eigenvalue weighted by Crippen LogP contribution is -2.19. The zero-order valence-corrected chi connectivity index (χ0v) is 11.7. The van der Waals surface area contributed by atoms with E-state index < -0.39 is 11.0 Å². The molecule has 0 aromatic carbocycles. The van der Waals surface area contributed by atoms with E-state index in [1.54, 1.807) is 23.3 Å². The van der Waals surface area contributed by atoms with Crippen molar-refractivity contribution in [2.75, 3.05) is 0 Å². The van der Waals surface area contributed by atoms with Crippen LogP contribution >= 0.6 is 0 Å². The third kappa shape index (κ3) is 2.64. The van der Waals surface area contributed by atoms with E-state index in [-0.39, 0.29) is 4.75 Å². The minimum absolute atomic E-state index is 0.354. The largest absolute Gasteiger partial charge is 0.268 e. The van der Waals surface area contributed by atoms with E-state index in [4.69, 9.17) is 0 Å². The highest BCUT2D eigenvalue weighted by molar-refractivity contribution is 7.85. The van der Waals surface area contributed by atoms with Crippen LogP contribution in [-0.4, -0.2) is 29.9 Å². The average molecular weight is 264 g/mol. The molecular formula is C12H16N4OS. The topological polar surface area (TPSA) is 60.1 Å². The van der Waals surface area contributed by atoms with Gasteiger partial charge in [-0.2, -0.15) is 9.50 Å². The van der Waals surface area contributed by atoms with Crippen LogP contribution in [0.15, 0.2) is 22.9 Å². The predicted octanol–water partition coefficient (Wildman–Crippen LogP) is 1.85. The third-order valence-electron chi connectivity index (χ3n) is 2.46. The summed E-state index contributed by atoms with van der Waals surface area (Å²) >= 11 is 0. The smallest absolute Gasteiger partial charge is 0.144 e. The van der Waals surface area contributed by atoms with Gasteiger partial charge in [0.2, 0.25) is 0 Å². The Labute approximate surface area is 109 Å². The van der Waals surface area contributed by atoms with Crippen LogP contribution in [0.2, 0.25) is 0 Å². The molecule has 0 N–H and O–H groups in total. The Balaban J connectivity index is 2.30. The molecule has 0 amide bonds. The van der Waals surface area contributed by atoms with Crippen molar-refractivity contribution in [3.05, 3.63) is 24.2 Å². The molecule has 5 nitrogen and oxygen atoms in total. The van der Waals surface area contributed by atoms with Gasteiger partial charge in [-0.1, -0.05) is 0 Å². The van der Waals surface area contributed by atoms with Gasteiger partial charge < -0.3 is 0 Å². The molecule has 0 aliphatic rings. The van der Waals surface area contributed by atoms with Gasteiger partial charge >= 0.3 is 0 Å². The van der Waals surface area contributed by atoms with Crippen molar-refractivity contribution in [3.8, 4) is 0 Å². The number of pyridine rings is 1. The monoisotopic (exact) mass is 264 g/mol. The van der Waals surface area contributed by atoms with Crippen molar-refractivity contribution < 1.29 is 4.21 Å². The maximum atomic E-state index is 11.8. The standard InChI is InChI=1S/C12H16N4OS/c1-12(2,3)18(17)15-8-10-5-11-9(6-13-10)7-14-16(11)4/h5-8H,1-4H3/b15-8+/t18-/m1/s1. The fraction of sp³-hybridized carbons (Fsp3) is 0.417. The van der Waals surface area contributed by atoms with E-state index in [1.807, 2.05) is 33.9 Å². The first kappa shape index (κ1) is 12.9. The minimum Gasteiger partial charge on any atom is -0.268 e. The summed E-state index contributed by atoms with van der Waals surface area (Å²) < 4.78 is 17.2. The second kappa shape index (κ2) is 4.61. The molecule has 18 heavy (non-hydrogen) atoms. The lowest BCUT2D eigenvalue weighted by atomic mass is 10.3. The van der Waals surface area contributed by atoms with E-state index in [2.05, 4.69) is 14.5 Å². The molecular weight excluding hydrogens is 248 g/mol. The molecule has 2 aromatic rings. The van der Waals surface area contributed by atoms with Gasteiger partial charge in [0.1, 0.15) is 11.0 Å². The lowest BCUT2D eigenvalue weighted by molar-refractivity contribution is 0.651. The molecule has 2 heterocycles. The second-order valence-corrected chi connectivity index (χ2v) is 6.97. The van der Waals surface area contributed by atoms with Crippen molar-refractivity contribution in [1.82, 2.24) is 14.8 Å². The molecule has 0 saturated heterocycles. The van der Waals surface area contributed by atoms with Crippen LogP contribution < -0.4 is 0 Å². The molecule has 1 atom stereocenters. The van der Waals surface area contributed by atoms with Crippen molar-refractivity contribution >= 4 is 28.1 Å². The van der Waals surface area contributed by atoms with Crippen LogP contribution in [0.4, 0.5) is 0 Å². The summed E-state index contributed by atoms with van der Waals surface area (Å²) in [6.07, 6.45) is 5.05. The summed E-state index contributed by atoms with van der Waals surface area (Å²) in [5.41, 5.74) is 1.66. The Morgan fingerprint density at radius 2 is 2.11 bits per heavy atom. The van der Waals surface area contributed by atoms with Crippen LogP contribution in [0.25, 0.3) is 10.9 Å². The van der Waals surface area contributed by atoms with Crippen LogP contribution in [0, 0.1) is 0 Å². The van der Waals surface area contributed by atoms with Gasteiger partial charge in [0.15, 0.2) is 0 Å². The molecule has 2 aromatic heterocycles. The van der Waals surface area contributed by atoms with Crippen LogP contribution in [-0.2, 0) is 18.0 Å². The van der Waals surface area contributed by atoms with Crippen molar-refractivity contribution in [2.45, 2.75) is 25.5 Å². The van der Waals surface area contributed by atoms with Crippen molar-refractivity contribution in [1.29, 1.82) is 0 Å². The Morgan fingerprint density at radius 1 is 1.39 bits per heavy atom. The SMILES string of the molecule is Cn1ncc2cnc(/C=N/[S@](=O)C(C)(C)C)cc21. The number of aryl methyl sites for hydroxylation is 1. The number of fused-ring (bicyclic) bond motifs is 1. The Bertz CT molecular complexity index is 625. The normalized spacial score (nSPS) is 14.4.